The van der Waals surface area contributed by atoms with Crippen LogP contribution in [0.2, 0.25) is 0 Å². The van der Waals surface area contributed by atoms with Gasteiger partial charge in [0.2, 0.25) is 5.75 Å². The molecule has 0 aliphatic carbocycles. The Morgan fingerprint density at radius 1 is 1.00 bits per heavy atom. The van der Waals surface area contributed by atoms with Gasteiger partial charge in [-0.3, -0.25) is 9.59 Å². The Bertz CT molecular complexity index is 1210. The number of ether oxygens (including phenoxy) is 3. The number of aliphatic hydroxyl groups is 1. The van der Waals surface area contributed by atoms with Crippen LogP contribution in [0, 0.1) is 0 Å². The first-order valence-corrected chi connectivity index (χ1v) is 11.1. The van der Waals surface area contributed by atoms with Gasteiger partial charge in [-0.1, -0.05) is 30.3 Å². The maximum atomic E-state index is 13.2. The van der Waals surface area contributed by atoms with Crippen LogP contribution in [-0.2, 0) is 16.1 Å². The van der Waals surface area contributed by atoms with E-state index < -0.39 is 17.7 Å². The summed E-state index contributed by atoms with van der Waals surface area (Å²) < 4.78 is 18.3. The fourth-order valence-electron chi connectivity index (χ4n) is 4.31. The average Bonchev–Trinajstić information content (AvgIpc) is 3.50. The molecule has 3 aromatic rings. The lowest BCUT2D eigenvalue weighted by atomic mass is 9.94. The molecule has 9 nitrogen and oxygen atoms in total. The second-order valence-electron chi connectivity index (χ2n) is 7.97. The molecule has 0 spiro atoms. The molecule has 9 heteroatoms. The third-order valence-electron chi connectivity index (χ3n) is 5.96. The number of Topliss-reactive ketones (excluding diaryl/α,β-unsaturated/α-hetero) is 1. The third-order valence-corrected chi connectivity index (χ3v) is 5.96. The number of carbonyl (C=O) groups is 2. The molecule has 182 valence electrons. The van der Waals surface area contributed by atoms with Crippen molar-refractivity contribution in [2.45, 2.75) is 19.0 Å². The molecule has 0 saturated carbocycles. The van der Waals surface area contributed by atoms with Crippen LogP contribution in [-0.4, -0.2) is 59.1 Å². The van der Waals surface area contributed by atoms with Crippen molar-refractivity contribution in [3.05, 3.63) is 77.9 Å². The Morgan fingerprint density at radius 2 is 1.69 bits per heavy atom. The SMILES string of the molecule is COc1cc(C2/C(=C(\O)c3ccccc3)C(=O)C(=O)N2CCCn2ccnc2)cc(OC)c1OC. The Balaban J connectivity index is 1.82. The summed E-state index contributed by atoms with van der Waals surface area (Å²) in [5, 5.41) is 11.2. The summed E-state index contributed by atoms with van der Waals surface area (Å²) in [7, 11) is 4.48. The predicted molar refractivity (Wildman–Crippen MR) is 128 cm³/mol. The van der Waals surface area contributed by atoms with E-state index in [-0.39, 0.29) is 17.9 Å². The molecule has 1 amide bonds. The van der Waals surface area contributed by atoms with E-state index in [2.05, 4.69) is 4.98 Å². The largest absolute Gasteiger partial charge is 0.507 e. The highest BCUT2D eigenvalue weighted by Crippen LogP contribution is 2.45. The van der Waals surface area contributed by atoms with Crippen LogP contribution in [0.4, 0.5) is 0 Å². The second-order valence-corrected chi connectivity index (χ2v) is 7.97. The van der Waals surface area contributed by atoms with Crippen molar-refractivity contribution in [1.82, 2.24) is 14.5 Å². The fourth-order valence-corrected chi connectivity index (χ4v) is 4.31. The molecule has 1 N–H and O–H groups in total. The number of ketones is 1. The zero-order valence-electron chi connectivity index (χ0n) is 19.8. The summed E-state index contributed by atoms with van der Waals surface area (Å²) in [6, 6.07) is 11.2. The lowest BCUT2D eigenvalue weighted by Crippen LogP contribution is -2.31. The molecular weight excluding hydrogens is 450 g/mol. The Hall–Kier alpha value is -4.27. The van der Waals surface area contributed by atoms with Crippen LogP contribution in [0.15, 0.2) is 66.8 Å². The summed E-state index contributed by atoms with van der Waals surface area (Å²) >= 11 is 0. The van der Waals surface area contributed by atoms with E-state index in [1.54, 1.807) is 48.9 Å². The lowest BCUT2D eigenvalue weighted by Gasteiger charge is -2.26. The van der Waals surface area contributed by atoms with E-state index in [0.717, 1.165) is 0 Å². The number of carbonyl (C=O) groups excluding carboxylic acids is 2. The molecule has 2 aromatic carbocycles. The van der Waals surface area contributed by atoms with E-state index in [9.17, 15) is 14.7 Å². The summed E-state index contributed by atoms with van der Waals surface area (Å²) in [6.45, 7) is 0.902. The number of methoxy groups -OCH3 is 3. The minimum atomic E-state index is -0.841. The van der Waals surface area contributed by atoms with Crippen LogP contribution >= 0.6 is 0 Å². The highest BCUT2D eigenvalue weighted by atomic mass is 16.5. The fraction of sp³-hybridized carbons (Fsp3) is 0.269. The minimum absolute atomic E-state index is 0.0121. The molecule has 0 radical (unpaired) electrons. The van der Waals surface area contributed by atoms with Crippen molar-refractivity contribution >= 4 is 17.4 Å². The number of hydrogen-bond acceptors (Lipinski definition) is 7. The van der Waals surface area contributed by atoms with Gasteiger partial charge < -0.3 is 28.8 Å². The van der Waals surface area contributed by atoms with Crippen molar-refractivity contribution in [1.29, 1.82) is 0 Å². The monoisotopic (exact) mass is 477 g/mol. The number of likely N-dealkylation sites (tertiary alicyclic amines) is 1. The molecule has 4 rings (SSSR count). The lowest BCUT2D eigenvalue weighted by molar-refractivity contribution is -0.139. The Labute approximate surface area is 203 Å². The molecule has 2 heterocycles. The number of imidazole rings is 1. The molecule has 1 atom stereocenters. The van der Waals surface area contributed by atoms with Gasteiger partial charge in [0.25, 0.3) is 11.7 Å². The standard InChI is InChI=1S/C26H27N3O6/c1-33-19-14-18(15-20(34-2)25(19)35-3)22-21(23(30)17-8-5-4-6-9-17)24(31)26(32)29(22)12-7-11-28-13-10-27-16-28/h4-6,8-10,13-16,22,30H,7,11-12H2,1-3H3/b23-21+. The quantitative estimate of drug-likeness (QED) is 0.286. The number of aromatic nitrogens is 2. The molecule has 1 saturated heterocycles. The number of rotatable bonds is 9. The van der Waals surface area contributed by atoms with Crippen LogP contribution in [0.3, 0.4) is 0 Å². The second kappa shape index (κ2) is 10.3. The van der Waals surface area contributed by atoms with Crippen molar-refractivity contribution in [2.75, 3.05) is 27.9 Å². The molecule has 1 unspecified atom stereocenters. The van der Waals surface area contributed by atoms with E-state index in [4.69, 9.17) is 14.2 Å². The smallest absolute Gasteiger partial charge is 0.295 e. The average molecular weight is 478 g/mol. The van der Waals surface area contributed by atoms with Gasteiger partial charge in [0.15, 0.2) is 11.5 Å². The number of aliphatic hydroxyl groups excluding tert-OH is 1. The van der Waals surface area contributed by atoms with E-state index in [1.165, 1.54) is 26.2 Å². The molecule has 1 fully saturated rings. The maximum Gasteiger partial charge on any atom is 0.295 e. The summed E-state index contributed by atoms with van der Waals surface area (Å²) in [5.74, 6) is -0.505. The summed E-state index contributed by atoms with van der Waals surface area (Å²) in [4.78, 5) is 31.9. The normalized spacial score (nSPS) is 17.0. The Kier molecular flexibility index (Phi) is 7.05. The van der Waals surface area contributed by atoms with Crippen molar-refractivity contribution < 1.29 is 28.9 Å². The third kappa shape index (κ3) is 4.57. The van der Waals surface area contributed by atoms with Crippen LogP contribution < -0.4 is 14.2 Å². The van der Waals surface area contributed by atoms with Crippen LogP contribution in [0.1, 0.15) is 23.6 Å². The molecule has 1 aromatic heterocycles. The van der Waals surface area contributed by atoms with E-state index in [1.807, 2.05) is 16.8 Å². The summed E-state index contributed by atoms with van der Waals surface area (Å²) in [6.07, 6.45) is 5.79. The highest BCUT2D eigenvalue weighted by molar-refractivity contribution is 6.46. The Morgan fingerprint density at radius 3 is 2.26 bits per heavy atom. The van der Waals surface area contributed by atoms with Gasteiger partial charge in [0.05, 0.1) is 39.3 Å². The number of hydrogen-bond donors (Lipinski definition) is 1. The first-order chi connectivity index (χ1) is 17.0. The van der Waals surface area contributed by atoms with Gasteiger partial charge in [0.1, 0.15) is 5.76 Å². The number of benzene rings is 2. The van der Waals surface area contributed by atoms with Gasteiger partial charge in [-0.15, -0.1) is 0 Å². The van der Waals surface area contributed by atoms with Crippen LogP contribution in [0.5, 0.6) is 17.2 Å². The molecule has 0 bridgehead atoms. The number of aryl methyl sites for hydroxylation is 1. The van der Waals surface area contributed by atoms with Crippen molar-refractivity contribution in [3.63, 3.8) is 0 Å². The minimum Gasteiger partial charge on any atom is -0.507 e. The van der Waals surface area contributed by atoms with Crippen LogP contribution in [0.25, 0.3) is 5.76 Å². The van der Waals surface area contributed by atoms with Gasteiger partial charge in [-0.2, -0.15) is 0 Å². The molecule has 35 heavy (non-hydrogen) atoms. The summed E-state index contributed by atoms with van der Waals surface area (Å²) in [5.41, 5.74) is 1.01. The van der Waals surface area contributed by atoms with Gasteiger partial charge in [-0.25, -0.2) is 4.98 Å². The van der Waals surface area contributed by atoms with E-state index in [0.29, 0.717) is 41.3 Å². The van der Waals surface area contributed by atoms with Gasteiger partial charge >= 0.3 is 0 Å². The topological polar surface area (TPSA) is 103 Å². The van der Waals surface area contributed by atoms with Gasteiger partial charge in [-0.05, 0) is 24.1 Å². The van der Waals surface area contributed by atoms with Crippen molar-refractivity contribution in [2.24, 2.45) is 0 Å². The molecular formula is C26H27N3O6. The molecule has 1 aliphatic heterocycles. The zero-order chi connectivity index (χ0) is 24.9. The van der Waals surface area contributed by atoms with Gasteiger partial charge in [0, 0.05) is 31.0 Å². The number of nitrogens with zero attached hydrogens (tertiary/aromatic N) is 3. The van der Waals surface area contributed by atoms with E-state index >= 15 is 0 Å². The zero-order valence-corrected chi connectivity index (χ0v) is 19.8. The maximum absolute atomic E-state index is 13.2. The first-order valence-electron chi connectivity index (χ1n) is 11.1. The number of amides is 1. The first kappa shape index (κ1) is 23.9. The predicted octanol–water partition coefficient (Wildman–Crippen LogP) is 3.42. The highest BCUT2D eigenvalue weighted by Gasteiger charge is 2.46. The molecule has 1 aliphatic rings. The van der Waals surface area contributed by atoms with Crippen molar-refractivity contribution in [3.8, 4) is 17.2 Å².